The summed E-state index contributed by atoms with van der Waals surface area (Å²) in [4.78, 5) is 0. The zero-order valence-corrected chi connectivity index (χ0v) is 11.9. The minimum atomic E-state index is 0.755. The Balaban J connectivity index is 1.98. The summed E-state index contributed by atoms with van der Waals surface area (Å²) in [5, 5.41) is 4.17. The highest BCUT2D eigenvalue weighted by Gasteiger charge is 2.03. The molecule has 1 aromatic heterocycles. The molecule has 3 nitrogen and oxygen atoms in total. The first-order valence-corrected chi connectivity index (χ1v) is 6.81. The number of nitrogens with zero attached hydrogens (tertiary/aromatic N) is 1. The number of halogens is 1. The molecule has 1 aromatic carbocycles. The van der Waals surface area contributed by atoms with Gasteiger partial charge in [0.1, 0.15) is 0 Å². The van der Waals surface area contributed by atoms with Crippen LogP contribution in [0, 0.1) is 0 Å². The Hall–Kier alpha value is -1.29. The maximum Gasteiger partial charge on any atom is 0.0474 e. The number of benzene rings is 1. The molecule has 1 heterocycles. The summed E-state index contributed by atoms with van der Waals surface area (Å²) in [6.45, 7) is 2.58. The summed E-state index contributed by atoms with van der Waals surface area (Å²) in [6, 6.07) is 12.0. The van der Waals surface area contributed by atoms with Crippen LogP contribution in [-0.2, 0) is 11.3 Å². The normalized spacial score (nSPS) is 10.8. The van der Waals surface area contributed by atoms with Gasteiger partial charge in [0, 0.05) is 42.9 Å². The molecule has 0 fully saturated rings. The lowest BCUT2D eigenvalue weighted by atomic mass is 10.3. The molecular formula is C15H19ClN2O. The fraction of sp³-hybridized carbons (Fsp3) is 0.333. The lowest BCUT2D eigenvalue weighted by Crippen LogP contribution is -2.18. The van der Waals surface area contributed by atoms with E-state index in [2.05, 4.69) is 28.2 Å². The van der Waals surface area contributed by atoms with E-state index in [0.717, 1.165) is 36.8 Å². The van der Waals surface area contributed by atoms with Crippen molar-refractivity contribution in [3.8, 4) is 5.69 Å². The van der Waals surface area contributed by atoms with Crippen molar-refractivity contribution in [3.63, 3.8) is 0 Å². The van der Waals surface area contributed by atoms with Crippen molar-refractivity contribution in [2.45, 2.75) is 13.0 Å². The Kier molecular flexibility index (Phi) is 5.45. The first-order chi connectivity index (χ1) is 9.31. The van der Waals surface area contributed by atoms with Crippen molar-refractivity contribution in [1.29, 1.82) is 0 Å². The quantitative estimate of drug-likeness (QED) is 0.787. The van der Waals surface area contributed by atoms with Gasteiger partial charge in [-0.1, -0.05) is 17.7 Å². The number of hydrogen-bond donors (Lipinski definition) is 1. The van der Waals surface area contributed by atoms with Crippen LogP contribution in [0.15, 0.2) is 42.6 Å². The van der Waals surface area contributed by atoms with Crippen molar-refractivity contribution in [1.82, 2.24) is 9.88 Å². The number of aromatic nitrogens is 1. The standard InChI is InChI=1S/C15H19ClN2O/c1-19-10-4-8-17-12-15-7-3-9-18(15)14-6-2-5-13(16)11-14/h2-3,5-7,9,11,17H,4,8,10,12H2,1H3. The topological polar surface area (TPSA) is 26.2 Å². The van der Waals surface area contributed by atoms with E-state index < -0.39 is 0 Å². The molecule has 0 aliphatic carbocycles. The Labute approximate surface area is 119 Å². The third-order valence-electron chi connectivity index (χ3n) is 2.93. The van der Waals surface area contributed by atoms with E-state index in [0.29, 0.717) is 0 Å². The van der Waals surface area contributed by atoms with Crippen molar-refractivity contribution in [3.05, 3.63) is 53.3 Å². The minimum Gasteiger partial charge on any atom is -0.385 e. The highest BCUT2D eigenvalue weighted by Crippen LogP contribution is 2.17. The van der Waals surface area contributed by atoms with Crippen LogP contribution >= 0.6 is 11.6 Å². The number of methoxy groups -OCH3 is 1. The van der Waals surface area contributed by atoms with Crippen LogP contribution in [0.25, 0.3) is 5.69 Å². The molecule has 4 heteroatoms. The summed E-state index contributed by atoms with van der Waals surface area (Å²) in [7, 11) is 1.73. The smallest absolute Gasteiger partial charge is 0.0474 e. The molecule has 0 saturated heterocycles. The van der Waals surface area contributed by atoms with Gasteiger partial charge in [0.15, 0.2) is 0 Å². The van der Waals surface area contributed by atoms with Gasteiger partial charge in [0.05, 0.1) is 0 Å². The van der Waals surface area contributed by atoms with Crippen molar-refractivity contribution >= 4 is 11.6 Å². The molecule has 2 aromatic rings. The van der Waals surface area contributed by atoms with Gasteiger partial charge in [0.2, 0.25) is 0 Å². The number of rotatable bonds is 7. The summed E-state index contributed by atoms with van der Waals surface area (Å²) in [6.07, 6.45) is 3.08. The fourth-order valence-electron chi connectivity index (χ4n) is 2.00. The van der Waals surface area contributed by atoms with Crippen molar-refractivity contribution in [2.24, 2.45) is 0 Å². The average Bonchev–Trinajstić information content (AvgIpc) is 2.87. The predicted molar refractivity (Wildman–Crippen MR) is 79.0 cm³/mol. The SMILES string of the molecule is COCCCNCc1cccn1-c1cccc(Cl)c1. The highest BCUT2D eigenvalue weighted by atomic mass is 35.5. The molecular weight excluding hydrogens is 260 g/mol. The maximum atomic E-state index is 6.03. The zero-order chi connectivity index (χ0) is 13.5. The first kappa shape index (κ1) is 14.1. The monoisotopic (exact) mass is 278 g/mol. The molecule has 0 saturated carbocycles. The second-order valence-corrected chi connectivity index (χ2v) is 4.81. The molecule has 0 bridgehead atoms. The number of nitrogens with one attached hydrogen (secondary N) is 1. The van der Waals surface area contributed by atoms with Crippen LogP contribution in [0.5, 0.6) is 0 Å². The fourth-order valence-corrected chi connectivity index (χ4v) is 2.18. The Morgan fingerprint density at radius 1 is 1.26 bits per heavy atom. The van der Waals surface area contributed by atoms with Gasteiger partial charge in [-0.05, 0) is 43.3 Å². The second kappa shape index (κ2) is 7.34. The third kappa shape index (κ3) is 4.10. The Morgan fingerprint density at radius 3 is 2.95 bits per heavy atom. The predicted octanol–water partition coefficient (Wildman–Crippen LogP) is 3.26. The summed E-state index contributed by atoms with van der Waals surface area (Å²) < 4.78 is 7.17. The second-order valence-electron chi connectivity index (χ2n) is 4.37. The zero-order valence-electron chi connectivity index (χ0n) is 11.1. The van der Waals surface area contributed by atoms with Crippen LogP contribution in [0.1, 0.15) is 12.1 Å². The lowest BCUT2D eigenvalue weighted by Gasteiger charge is -2.10. The van der Waals surface area contributed by atoms with Gasteiger partial charge in [-0.3, -0.25) is 0 Å². The molecule has 0 amide bonds. The van der Waals surface area contributed by atoms with Crippen LogP contribution in [-0.4, -0.2) is 24.8 Å². The van der Waals surface area contributed by atoms with E-state index in [1.54, 1.807) is 7.11 Å². The summed E-state index contributed by atoms with van der Waals surface area (Å²) >= 11 is 6.03. The van der Waals surface area contributed by atoms with Crippen LogP contribution in [0.4, 0.5) is 0 Å². The first-order valence-electron chi connectivity index (χ1n) is 6.43. The maximum absolute atomic E-state index is 6.03. The molecule has 0 radical (unpaired) electrons. The number of hydrogen-bond acceptors (Lipinski definition) is 2. The minimum absolute atomic E-state index is 0.755. The van der Waals surface area contributed by atoms with Crippen molar-refractivity contribution < 1.29 is 4.74 Å². The Morgan fingerprint density at radius 2 is 2.16 bits per heavy atom. The van der Waals surface area contributed by atoms with E-state index in [1.807, 2.05) is 24.3 Å². The van der Waals surface area contributed by atoms with Crippen molar-refractivity contribution in [2.75, 3.05) is 20.3 Å². The van der Waals surface area contributed by atoms with Gasteiger partial charge in [-0.15, -0.1) is 0 Å². The van der Waals surface area contributed by atoms with Gasteiger partial charge >= 0.3 is 0 Å². The van der Waals surface area contributed by atoms with E-state index >= 15 is 0 Å². The van der Waals surface area contributed by atoms with Crippen LogP contribution in [0.2, 0.25) is 5.02 Å². The van der Waals surface area contributed by atoms with Crippen LogP contribution < -0.4 is 5.32 Å². The van der Waals surface area contributed by atoms with E-state index in [4.69, 9.17) is 16.3 Å². The molecule has 102 valence electrons. The molecule has 0 aliphatic rings. The van der Waals surface area contributed by atoms with Gasteiger partial charge in [-0.2, -0.15) is 0 Å². The lowest BCUT2D eigenvalue weighted by molar-refractivity contribution is 0.194. The number of ether oxygens (including phenoxy) is 1. The molecule has 0 unspecified atom stereocenters. The molecule has 2 rings (SSSR count). The van der Waals surface area contributed by atoms with E-state index in [-0.39, 0.29) is 0 Å². The molecule has 1 N–H and O–H groups in total. The largest absolute Gasteiger partial charge is 0.385 e. The van der Waals surface area contributed by atoms with E-state index in [9.17, 15) is 0 Å². The molecule has 0 atom stereocenters. The van der Waals surface area contributed by atoms with Gasteiger partial charge in [-0.25, -0.2) is 0 Å². The molecule has 0 spiro atoms. The highest BCUT2D eigenvalue weighted by molar-refractivity contribution is 6.30. The third-order valence-corrected chi connectivity index (χ3v) is 3.16. The molecule has 19 heavy (non-hydrogen) atoms. The summed E-state index contributed by atoms with van der Waals surface area (Å²) in [5.74, 6) is 0. The molecule has 0 aliphatic heterocycles. The van der Waals surface area contributed by atoms with Gasteiger partial charge in [0.25, 0.3) is 0 Å². The summed E-state index contributed by atoms with van der Waals surface area (Å²) in [5.41, 5.74) is 2.31. The van der Waals surface area contributed by atoms with Gasteiger partial charge < -0.3 is 14.6 Å². The average molecular weight is 279 g/mol. The Bertz CT molecular complexity index is 510. The van der Waals surface area contributed by atoms with Crippen LogP contribution in [0.3, 0.4) is 0 Å². The van der Waals surface area contributed by atoms with E-state index in [1.165, 1.54) is 5.69 Å².